The van der Waals surface area contributed by atoms with Gasteiger partial charge in [0.1, 0.15) is 11.4 Å². The van der Waals surface area contributed by atoms with Crippen LogP contribution < -0.4 is 20.9 Å². The normalized spacial score (nSPS) is 10.4. The van der Waals surface area contributed by atoms with Gasteiger partial charge in [0.15, 0.2) is 0 Å². The van der Waals surface area contributed by atoms with Crippen LogP contribution in [0.25, 0.3) is 11.1 Å². The molecule has 2 amide bonds. The van der Waals surface area contributed by atoms with Crippen LogP contribution in [0.3, 0.4) is 0 Å². The van der Waals surface area contributed by atoms with Crippen LogP contribution in [0.15, 0.2) is 102 Å². The molecule has 0 bridgehead atoms. The number of amides is 2. The van der Waals surface area contributed by atoms with E-state index in [9.17, 15) is 9.59 Å². The molecule has 0 unspecified atom stereocenters. The van der Waals surface area contributed by atoms with E-state index in [1.54, 1.807) is 30.0 Å². The molecule has 0 fully saturated rings. The van der Waals surface area contributed by atoms with Crippen LogP contribution in [0.1, 0.15) is 5.56 Å². The molecule has 4 aromatic rings. The molecule has 2 N–H and O–H groups in total. The lowest BCUT2D eigenvalue weighted by Gasteiger charge is -2.13. The van der Waals surface area contributed by atoms with Gasteiger partial charge in [-0.05, 0) is 41.5 Å². The third-order valence-corrected chi connectivity index (χ3v) is 5.02. The summed E-state index contributed by atoms with van der Waals surface area (Å²) in [5.41, 5.74) is 3.37. The number of nitrogens with one attached hydrogen (secondary N) is 2. The smallest absolute Gasteiger partial charge is 0.323 e. The molecule has 6 heteroatoms. The molecule has 0 aliphatic heterocycles. The third kappa shape index (κ3) is 4.87. The molecule has 4 rings (SSSR count). The van der Waals surface area contributed by atoms with Crippen LogP contribution in [-0.4, -0.2) is 17.7 Å². The van der Waals surface area contributed by atoms with Gasteiger partial charge in [-0.15, -0.1) is 0 Å². The van der Waals surface area contributed by atoms with Gasteiger partial charge >= 0.3 is 6.03 Å². The van der Waals surface area contributed by atoms with Crippen LogP contribution in [0, 0.1) is 0 Å². The number of rotatable bonds is 6. The van der Waals surface area contributed by atoms with Gasteiger partial charge in [0.2, 0.25) is 0 Å². The summed E-state index contributed by atoms with van der Waals surface area (Å²) in [6.07, 6.45) is 1.69. The molecule has 0 saturated heterocycles. The fourth-order valence-electron chi connectivity index (χ4n) is 3.46. The highest BCUT2D eigenvalue weighted by molar-refractivity contribution is 6.02. The number of pyridine rings is 1. The largest absolute Gasteiger partial charge is 0.497 e. The lowest BCUT2D eigenvalue weighted by molar-refractivity contribution is 0.262. The lowest BCUT2D eigenvalue weighted by atomic mass is 10.0. The van der Waals surface area contributed by atoms with Crippen molar-refractivity contribution in [1.82, 2.24) is 4.57 Å². The van der Waals surface area contributed by atoms with E-state index in [-0.39, 0.29) is 11.2 Å². The molecule has 0 saturated carbocycles. The van der Waals surface area contributed by atoms with Gasteiger partial charge in [-0.2, -0.15) is 0 Å². The van der Waals surface area contributed by atoms with Gasteiger partial charge in [-0.1, -0.05) is 60.7 Å². The molecule has 160 valence electrons. The lowest BCUT2D eigenvalue weighted by Crippen LogP contribution is -2.28. The minimum atomic E-state index is -0.482. The van der Waals surface area contributed by atoms with Gasteiger partial charge < -0.3 is 19.9 Å². The number of benzene rings is 3. The first-order chi connectivity index (χ1) is 15.6. The second kappa shape index (κ2) is 9.66. The first-order valence-electron chi connectivity index (χ1n) is 10.2. The number of para-hydroxylation sites is 1. The number of carbonyl (C=O) groups is 1. The van der Waals surface area contributed by atoms with E-state index in [4.69, 9.17) is 4.74 Å². The Balaban J connectivity index is 1.51. The van der Waals surface area contributed by atoms with Gasteiger partial charge in [0.05, 0.1) is 19.3 Å². The van der Waals surface area contributed by atoms with Crippen molar-refractivity contribution < 1.29 is 9.53 Å². The van der Waals surface area contributed by atoms with Crippen LogP contribution in [0.2, 0.25) is 0 Å². The average Bonchev–Trinajstić information content (AvgIpc) is 2.83. The number of hydrogen-bond donors (Lipinski definition) is 2. The van der Waals surface area contributed by atoms with Gasteiger partial charge in [0.25, 0.3) is 5.56 Å². The second-order valence-electron chi connectivity index (χ2n) is 7.20. The number of aromatic nitrogens is 1. The quantitative estimate of drug-likeness (QED) is 0.445. The first-order valence-corrected chi connectivity index (χ1v) is 10.2. The maximum Gasteiger partial charge on any atom is 0.323 e. The molecular weight excluding hydrogens is 402 g/mol. The summed E-state index contributed by atoms with van der Waals surface area (Å²) in [7, 11) is 1.60. The number of methoxy groups -OCH3 is 1. The van der Waals surface area contributed by atoms with Gasteiger partial charge in [0, 0.05) is 11.8 Å². The predicted octanol–water partition coefficient (Wildman–Crippen LogP) is 5.22. The van der Waals surface area contributed by atoms with E-state index in [0.717, 1.165) is 22.4 Å². The van der Waals surface area contributed by atoms with E-state index in [2.05, 4.69) is 10.6 Å². The molecule has 0 radical (unpaired) electrons. The summed E-state index contributed by atoms with van der Waals surface area (Å²) in [6.45, 7) is 0.365. The van der Waals surface area contributed by atoms with Crippen molar-refractivity contribution >= 4 is 17.4 Å². The molecule has 32 heavy (non-hydrogen) atoms. The Labute approximate surface area is 186 Å². The topological polar surface area (TPSA) is 72.4 Å². The number of ether oxygens (including phenoxy) is 1. The standard InChI is InChI=1S/C26H23N3O3/c1-32-21-12-7-9-19(17-21)18-29-16-8-15-24(25(29)30)28-26(31)27-23-14-6-5-13-22(23)20-10-3-2-4-11-20/h2-17H,18H2,1H3,(H2,27,28,31). The van der Waals surface area contributed by atoms with Crippen LogP contribution in [-0.2, 0) is 6.54 Å². The van der Waals surface area contributed by atoms with Crippen molar-refractivity contribution in [2.24, 2.45) is 0 Å². The Hall–Kier alpha value is -4.32. The second-order valence-corrected chi connectivity index (χ2v) is 7.20. The van der Waals surface area contributed by atoms with E-state index >= 15 is 0 Å². The summed E-state index contributed by atoms with van der Waals surface area (Å²) in [4.78, 5) is 25.6. The Morgan fingerprint density at radius 2 is 1.56 bits per heavy atom. The Morgan fingerprint density at radius 3 is 2.38 bits per heavy atom. The van der Waals surface area contributed by atoms with Gasteiger partial charge in [-0.3, -0.25) is 4.79 Å². The zero-order valence-corrected chi connectivity index (χ0v) is 17.6. The maximum atomic E-state index is 12.9. The summed E-state index contributed by atoms with van der Waals surface area (Å²) in [5, 5.41) is 5.53. The SMILES string of the molecule is COc1cccc(Cn2cccc(NC(=O)Nc3ccccc3-c3ccccc3)c2=O)c1. The predicted molar refractivity (Wildman–Crippen MR) is 127 cm³/mol. The molecule has 6 nitrogen and oxygen atoms in total. The summed E-state index contributed by atoms with van der Waals surface area (Å²) < 4.78 is 6.79. The van der Waals surface area contributed by atoms with E-state index in [0.29, 0.717) is 12.2 Å². The Kier molecular flexibility index (Phi) is 6.32. The maximum absolute atomic E-state index is 12.9. The minimum Gasteiger partial charge on any atom is -0.497 e. The van der Waals surface area contributed by atoms with Gasteiger partial charge in [-0.25, -0.2) is 4.79 Å². The Morgan fingerprint density at radius 1 is 0.844 bits per heavy atom. The summed E-state index contributed by atoms with van der Waals surface area (Å²) >= 11 is 0. The highest BCUT2D eigenvalue weighted by Crippen LogP contribution is 2.27. The molecule has 1 aromatic heterocycles. The Bertz CT molecular complexity index is 1280. The van der Waals surface area contributed by atoms with Crippen molar-refractivity contribution in [3.63, 3.8) is 0 Å². The molecule has 1 heterocycles. The van der Waals surface area contributed by atoms with Crippen molar-refractivity contribution in [2.75, 3.05) is 17.7 Å². The number of urea groups is 1. The van der Waals surface area contributed by atoms with E-state index in [1.807, 2.05) is 78.9 Å². The first kappa shape index (κ1) is 20.9. The number of hydrogen-bond acceptors (Lipinski definition) is 3. The number of carbonyl (C=O) groups excluding carboxylic acids is 1. The third-order valence-electron chi connectivity index (χ3n) is 5.02. The average molecular weight is 425 g/mol. The summed E-state index contributed by atoms with van der Waals surface area (Å²) in [6, 6.07) is 27.7. The molecule has 0 aliphatic rings. The number of nitrogens with zero attached hydrogens (tertiary/aromatic N) is 1. The molecule has 0 atom stereocenters. The molecule has 0 spiro atoms. The van der Waals surface area contributed by atoms with E-state index < -0.39 is 6.03 Å². The highest BCUT2D eigenvalue weighted by Gasteiger charge is 2.11. The molecule has 3 aromatic carbocycles. The summed E-state index contributed by atoms with van der Waals surface area (Å²) in [5.74, 6) is 0.723. The zero-order valence-electron chi connectivity index (χ0n) is 17.6. The fraction of sp³-hybridized carbons (Fsp3) is 0.0769. The van der Waals surface area contributed by atoms with Crippen molar-refractivity contribution in [1.29, 1.82) is 0 Å². The van der Waals surface area contributed by atoms with Crippen molar-refractivity contribution in [3.8, 4) is 16.9 Å². The zero-order chi connectivity index (χ0) is 22.3. The van der Waals surface area contributed by atoms with Crippen molar-refractivity contribution in [2.45, 2.75) is 6.54 Å². The van der Waals surface area contributed by atoms with Crippen LogP contribution in [0.4, 0.5) is 16.2 Å². The fourth-order valence-corrected chi connectivity index (χ4v) is 3.46. The number of anilines is 2. The van der Waals surface area contributed by atoms with Crippen LogP contribution in [0.5, 0.6) is 5.75 Å². The molecular formula is C26H23N3O3. The van der Waals surface area contributed by atoms with Crippen molar-refractivity contribution in [3.05, 3.63) is 113 Å². The highest BCUT2D eigenvalue weighted by atomic mass is 16.5. The van der Waals surface area contributed by atoms with Crippen LogP contribution >= 0.6 is 0 Å². The minimum absolute atomic E-state index is 0.199. The molecule has 0 aliphatic carbocycles. The monoisotopic (exact) mass is 425 g/mol. The van der Waals surface area contributed by atoms with E-state index in [1.165, 1.54) is 0 Å².